The van der Waals surface area contributed by atoms with Gasteiger partial charge in [-0.3, -0.25) is 0 Å². The second kappa shape index (κ2) is 6.93. The molecule has 0 aliphatic heterocycles. The van der Waals surface area contributed by atoms with E-state index in [4.69, 9.17) is 0 Å². The summed E-state index contributed by atoms with van der Waals surface area (Å²) in [5.74, 6) is 0.181. The van der Waals surface area contributed by atoms with Gasteiger partial charge in [0.05, 0.1) is 11.0 Å². The van der Waals surface area contributed by atoms with Crippen molar-refractivity contribution in [2.24, 2.45) is 0 Å². The largest absolute Gasteiger partial charge is 0.314 e. The summed E-state index contributed by atoms with van der Waals surface area (Å²) in [7, 11) is -3.04. The van der Waals surface area contributed by atoms with Crippen LogP contribution in [-0.4, -0.2) is 26.3 Å². The lowest BCUT2D eigenvalue weighted by atomic mass is 10.1. The highest BCUT2D eigenvalue weighted by atomic mass is 32.2. The van der Waals surface area contributed by atoms with Crippen LogP contribution in [0.25, 0.3) is 0 Å². The highest BCUT2D eigenvalue weighted by Gasteiger charge is 2.33. The fourth-order valence-corrected chi connectivity index (χ4v) is 5.19. The van der Waals surface area contributed by atoms with Gasteiger partial charge in [0, 0.05) is 6.04 Å². The third-order valence-corrected chi connectivity index (χ3v) is 6.40. The summed E-state index contributed by atoms with van der Waals surface area (Å²) in [5.41, 5.74) is 3.20. The smallest absolute Gasteiger partial charge is 0.157 e. The number of hydrogen-bond donors (Lipinski definition) is 1. The lowest BCUT2D eigenvalue weighted by molar-refractivity contribution is 0.520. The zero-order valence-electron chi connectivity index (χ0n) is 13.4. The first-order chi connectivity index (χ1) is 9.90. The second-order valence-electron chi connectivity index (χ2n) is 6.39. The number of aryl methyl sites for hydroxylation is 2. The van der Waals surface area contributed by atoms with Gasteiger partial charge in [-0.25, -0.2) is 8.42 Å². The highest BCUT2D eigenvalue weighted by molar-refractivity contribution is 7.91. The average molecular weight is 309 g/mol. The maximum atomic E-state index is 12.6. The predicted octanol–water partition coefficient (Wildman–Crippen LogP) is 3.14. The first kappa shape index (κ1) is 16.5. The molecule has 3 nitrogen and oxygen atoms in total. The van der Waals surface area contributed by atoms with Gasteiger partial charge in [0.25, 0.3) is 0 Å². The summed E-state index contributed by atoms with van der Waals surface area (Å²) in [6, 6.07) is 6.44. The Morgan fingerprint density at radius 2 is 1.81 bits per heavy atom. The molecule has 0 amide bonds. The van der Waals surface area contributed by atoms with Crippen LogP contribution < -0.4 is 5.32 Å². The van der Waals surface area contributed by atoms with Crippen molar-refractivity contribution < 1.29 is 8.42 Å². The van der Waals surface area contributed by atoms with Gasteiger partial charge < -0.3 is 5.32 Å². The molecule has 21 heavy (non-hydrogen) atoms. The fraction of sp³-hybridized carbons (Fsp3) is 0.647. The van der Waals surface area contributed by atoms with Crippen LogP contribution in [0, 0.1) is 13.8 Å². The Hall–Kier alpha value is -0.870. The van der Waals surface area contributed by atoms with Crippen molar-refractivity contribution in [2.45, 2.75) is 63.5 Å². The average Bonchev–Trinajstić information content (AvgIpc) is 2.84. The van der Waals surface area contributed by atoms with E-state index < -0.39 is 9.84 Å². The molecule has 0 radical (unpaired) electrons. The van der Waals surface area contributed by atoms with Gasteiger partial charge in [0.2, 0.25) is 0 Å². The maximum Gasteiger partial charge on any atom is 0.157 e. The molecule has 1 aliphatic carbocycles. The van der Waals surface area contributed by atoms with E-state index in [1.165, 1.54) is 0 Å². The van der Waals surface area contributed by atoms with Gasteiger partial charge in [-0.1, -0.05) is 36.2 Å². The van der Waals surface area contributed by atoms with Crippen molar-refractivity contribution in [1.29, 1.82) is 0 Å². The van der Waals surface area contributed by atoms with Crippen molar-refractivity contribution in [2.75, 3.05) is 6.54 Å². The zero-order chi connectivity index (χ0) is 15.5. The van der Waals surface area contributed by atoms with Crippen LogP contribution in [0.4, 0.5) is 0 Å². The topological polar surface area (TPSA) is 46.2 Å². The molecule has 0 bridgehead atoms. The van der Waals surface area contributed by atoms with Gasteiger partial charge in [0.1, 0.15) is 0 Å². The molecule has 2 unspecified atom stereocenters. The Labute approximate surface area is 129 Å². The van der Waals surface area contributed by atoms with Crippen molar-refractivity contribution >= 4 is 9.84 Å². The SMILES string of the molecule is CCCNC1CCC(S(=O)(=O)Cc2cc(C)cc(C)c2)C1. The summed E-state index contributed by atoms with van der Waals surface area (Å²) >= 11 is 0. The van der Waals surface area contributed by atoms with Crippen LogP contribution >= 0.6 is 0 Å². The minimum absolute atomic E-state index is 0.173. The zero-order valence-corrected chi connectivity index (χ0v) is 14.2. The minimum Gasteiger partial charge on any atom is -0.314 e. The first-order valence-corrected chi connectivity index (χ1v) is 9.64. The van der Waals surface area contributed by atoms with Gasteiger partial charge in [-0.15, -0.1) is 0 Å². The molecular formula is C17H27NO2S. The number of nitrogens with one attached hydrogen (secondary N) is 1. The Morgan fingerprint density at radius 3 is 2.43 bits per heavy atom. The molecule has 1 saturated carbocycles. The lowest BCUT2D eigenvalue weighted by Gasteiger charge is -2.14. The van der Waals surface area contributed by atoms with Gasteiger partial charge >= 0.3 is 0 Å². The quantitative estimate of drug-likeness (QED) is 0.878. The van der Waals surface area contributed by atoms with Crippen LogP contribution in [0.3, 0.4) is 0 Å². The number of rotatable bonds is 6. The Morgan fingerprint density at radius 1 is 1.14 bits per heavy atom. The van der Waals surface area contributed by atoms with Crippen molar-refractivity contribution in [1.82, 2.24) is 5.32 Å². The van der Waals surface area contributed by atoms with Crippen LogP contribution in [0.15, 0.2) is 18.2 Å². The normalized spacial score (nSPS) is 22.6. The van der Waals surface area contributed by atoms with Crippen LogP contribution in [0.1, 0.15) is 49.3 Å². The standard InChI is InChI=1S/C17H27NO2S/c1-4-7-18-16-5-6-17(11-16)21(19,20)12-15-9-13(2)8-14(3)10-15/h8-10,16-18H,4-7,11-12H2,1-3H3. The summed E-state index contributed by atoms with van der Waals surface area (Å²) in [6.45, 7) is 7.15. The summed E-state index contributed by atoms with van der Waals surface area (Å²) in [4.78, 5) is 0. The van der Waals surface area contributed by atoms with Crippen LogP contribution in [-0.2, 0) is 15.6 Å². The first-order valence-electron chi connectivity index (χ1n) is 7.93. The number of benzene rings is 1. The summed E-state index contributed by atoms with van der Waals surface area (Å²) in [6.07, 6.45) is 3.65. The van der Waals surface area contributed by atoms with E-state index in [1.807, 2.05) is 26.0 Å². The summed E-state index contributed by atoms with van der Waals surface area (Å²) < 4.78 is 25.2. The van der Waals surface area contributed by atoms with Crippen molar-refractivity contribution in [3.05, 3.63) is 34.9 Å². The van der Waals surface area contributed by atoms with E-state index in [0.29, 0.717) is 6.04 Å². The molecule has 1 aliphatic rings. The molecule has 118 valence electrons. The molecule has 1 N–H and O–H groups in total. The molecule has 0 heterocycles. The number of hydrogen-bond acceptors (Lipinski definition) is 3. The van der Waals surface area contributed by atoms with E-state index >= 15 is 0 Å². The van der Waals surface area contributed by atoms with E-state index in [2.05, 4.69) is 18.3 Å². The monoisotopic (exact) mass is 309 g/mol. The highest BCUT2D eigenvalue weighted by Crippen LogP contribution is 2.28. The lowest BCUT2D eigenvalue weighted by Crippen LogP contribution is -2.29. The third-order valence-electron chi connectivity index (χ3n) is 4.22. The van der Waals surface area contributed by atoms with Crippen molar-refractivity contribution in [3.8, 4) is 0 Å². The predicted molar refractivity (Wildman–Crippen MR) is 88.3 cm³/mol. The van der Waals surface area contributed by atoms with E-state index in [9.17, 15) is 8.42 Å². The molecule has 2 atom stereocenters. The van der Waals surface area contributed by atoms with E-state index in [1.54, 1.807) is 0 Å². The Kier molecular flexibility index (Phi) is 5.44. The van der Waals surface area contributed by atoms with Gasteiger partial charge in [-0.05, 0) is 51.6 Å². The number of sulfone groups is 1. The molecule has 1 aromatic rings. The molecule has 0 spiro atoms. The van der Waals surface area contributed by atoms with Gasteiger partial charge in [0.15, 0.2) is 9.84 Å². The molecule has 0 saturated heterocycles. The third kappa shape index (κ3) is 4.55. The van der Waals surface area contributed by atoms with Crippen molar-refractivity contribution in [3.63, 3.8) is 0 Å². The summed E-state index contributed by atoms with van der Waals surface area (Å²) in [5, 5.41) is 3.28. The Bertz CT molecular complexity index is 560. The molecule has 0 aromatic heterocycles. The Balaban J connectivity index is 2.02. The maximum absolute atomic E-state index is 12.6. The molecular weight excluding hydrogens is 282 g/mol. The molecule has 1 fully saturated rings. The van der Waals surface area contributed by atoms with E-state index in [-0.39, 0.29) is 11.0 Å². The second-order valence-corrected chi connectivity index (χ2v) is 8.67. The fourth-order valence-electron chi connectivity index (χ4n) is 3.30. The molecule has 4 heteroatoms. The molecule has 1 aromatic carbocycles. The molecule has 2 rings (SSSR count). The van der Waals surface area contributed by atoms with Crippen LogP contribution in [0.5, 0.6) is 0 Å². The minimum atomic E-state index is -3.04. The van der Waals surface area contributed by atoms with Crippen LogP contribution in [0.2, 0.25) is 0 Å². The van der Waals surface area contributed by atoms with E-state index in [0.717, 1.165) is 48.9 Å². The van der Waals surface area contributed by atoms with Gasteiger partial charge in [-0.2, -0.15) is 0 Å².